The van der Waals surface area contributed by atoms with Crippen molar-refractivity contribution >= 4 is 11.9 Å². The molecule has 1 aliphatic carbocycles. The minimum Gasteiger partial charge on any atom is -0.493 e. The minimum atomic E-state index is -0.780. The van der Waals surface area contributed by atoms with Gasteiger partial charge in [0.05, 0.1) is 19.3 Å². The summed E-state index contributed by atoms with van der Waals surface area (Å²) in [7, 11) is 1.48. The molecule has 1 aromatic rings. The molecule has 1 aliphatic heterocycles. The van der Waals surface area contributed by atoms with E-state index in [-0.39, 0.29) is 30.4 Å². The van der Waals surface area contributed by atoms with Crippen LogP contribution in [0.2, 0.25) is 0 Å². The number of cyclic esters (lactones) is 1. The molecule has 184 valence electrons. The Hall–Kier alpha value is -2.39. The molecule has 1 amide bonds. The van der Waals surface area contributed by atoms with E-state index in [1.165, 1.54) is 26.1 Å². The molecular formula is C24H36N2O7. The summed E-state index contributed by atoms with van der Waals surface area (Å²) in [6, 6.07) is 0.816. The van der Waals surface area contributed by atoms with Gasteiger partial charge in [-0.25, -0.2) is 9.78 Å². The number of carbonyl (C=O) groups excluding carboxylic acids is 2. The largest absolute Gasteiger partial charge is 0.493 e. The van der Waals surface area contributed by atoms with Gasteiger partial charge in [-0.3, -0.25) is 4.79 Å². The molecule has 3 rings (SSSR count). The van der Waals surface area contributed by atoms with E-state index in [4.69, 9.17) is 23.7 Å². The first-order valence-electron chi connectivity index (χ1n) is 11.9. The van der Waals surface area contributed by atoms with E-state index < -0.39 is 17.9 Å². The maximum Gasteiger partial charge on any atom is 0.328 e. The summed E-state index contributed by atoms with van der Waals surface area (Å²) in [6.07, 6.45) is 8.85. The molecule has 33 heavy (non-hydrogen) atoms. The first kappa shape index (κ1) is 25.2. The molecule has 2 aliphatic rings. The van der Waals surface area contributed by atoms with Crippen LogP contribution in [0.4, 0.5) is 0 Å². The van der Waals surface area contributed by atoms with Gasteiger partial charge in [0, 0.05) is 25.3 Å². The van der Waals surface area contributed by atoms with Crippen molar-refractivity contribution in [2.24, 2.45) is 0 Å². The fourth-order valence-corrected chi connectivity index (χ4v) is 4.34. The summed E-state index contributed by atoms with van der Waals surface area (Å²) in [5.41, 5.74) is 0.0252. The van der Waals surface area contributed by atoms with Crippen LogP contribution >= 0.6 is 0 Å². The lowest BCUT2D eigenvalue weighted by Gasteiger charge is -2.24. The number of hydrogen-bond donors (Lipinski definition) is 1. The first-order chi connectivity index (χ1) is 16.0. The average molecular weight is 465 g/mol. The van der Waals surface area contributed by atoms with Crippen LogP contribution < -0.4 is 14.8 Å². The summed E-state index contributed by atoms with van der Waals surface area (Å²) in [5, 5.41) is 2.78. The number of amides is 1. The highest BCUT2D eigenvalue weighted by Crippen LogP contribution is 2.30. The van der Waals surface area contributed by atoms with Gasteiger partial charge in [-0.15, -0.1) is 0 Å². The highest BCUT2D eigenvalue weighted by Gasteiger charge is 2.31. The van der Waals surface area contributed by atoms with Crippen LogP contribution in [0.25, 0.3) is 0 Å². The quantitative estimate of drug-likeness (QED) is 0.337. The fourth-order valence-electron chi connectivity index (χ4n) is 4.34. The monoisotopic (exact) mass is 464 g/mol. The predicted molar refractivity (Wildman–Crippen MR) is 120 cm³/mol. The zero-order valence-corrected chi connectivity index (χ0v) is 19.8. The van der Waals surface area contributed by atoms with Gasteiger partial charge >= 0.3 is 5.97 Å². The van der Waals surface area contributed by atoms with Gasteiger partial charge in [-0.05, 0) is 46.0 Å². The molecule has 0 spiro atoms. The van der Waals surface area contributed by atoms with E-state index in [0.717, 1.165) is 25.7 Å². The Morgan fingerprint density at radius 2 is 1.94 bits per heavy atom. The Bertz CT molecular complexity index is 782. The zero-order chi connectivity index (χ0) is 23.6. The van der Waals surface area contributed by atoms with Crippen molar-refractivity contribution in [2.45, 2.75) is 89.6 Å². The number of nitrogens with zero attached hydrogens (tertiary/aromatic N) is 1. The number of aromatic nitrogens is 1. The van der Waals surface area contributed by atoms with Crippen LogP contribution in [0.5, 0.6) is 11.5 Å². The smallest absolute Gasteiger partial charge is 0.328 e. The van der Waals surface area contributed by atoms with Crippen molar-refractivity contribution in [2.75, 3.05) is 20.5 Å². The van der Waals surface area contributed by atoms with Crippen molar-refractivity contribution in [3.05, 3.63) is 18.0 Å². The molecule has 1 N–H and O–H groups in total. The van der Waals surface area contributed by atoms with Crippen LogP contribution in [-0.2, 0) is 19.0 Å². The van der Waals surface area contributed by atoms with Gasteiger partial charge in [0.2, 0.25) is 0 Å². The summed E-state index contributed by atoms with van der Waals surface area (Å²) in [6.45, 7) is 4.12. The van der Waals surface area contributed by atoms with E-state index in [1.54, 1.807) is 6.07 Å². The van der Waals surface area contributed by atoms with Crippen LogP contribution in [0.15, 0.2) is 12.3 Å². The highest BCUT2D eigenvalue weighted by atomic mass is 16.7. The number of carbonyl (C=O) groups is 2. The number of esters is 1. The van der Waals surface area contributed by atoms with E-state index in [9.17, 15) is 9.59 Å². The molecule has 1 saturated carbocycles. The van der Waals surface area contributed by atoms with Gasteiger partial charge < -0.3 is 29.0 Å². The van der Waals surface area contributed by atoms with Gasteiger partial charge in [-0.1, -0.05) is 12.8 Å². The molecule has 0 radical (unpaired) electrons. The molecule has 1 saturated heterocycles. The first-order valence-corrected chi connectivity index (χ1v) is 11.9. The van der Waals surface area contributed by atoms with Gasteiger partial charge in [0.25, 0.3) is 5.91 Å². The lowest BCUT2D eigenvalue weighted by molar-refractivity contribution is -0.152. The second-order valence-electron chi connectivity index (χ2n) is 8.55. The Kier molecular flexibility index (Phi) is 9.75. The number of methoxy groups -OCH3 is 1. The second-order valence-corrected chi connectivity index (χ2v) is 8.55. The average Bonchev–Trinajstić information content (AvgIpc) is 3.32. The van der Waals surface area contributed by atoms with E-state index in [1.807, 2.05) is 13.8 Å². The molecule has 3 atom stereocenters. The summed E-state index contributed by atoms with van der Waals surface area (Å²) < 4.78 is 28.1. The minimum absolute atomic E-state index is 0.0252. The molecule has 1 aromatic heterocycles. The van der Waals surface area contributed by atoms with Crippen LogP contribution in [0.1, 0.15) is 75.7 Å². The SMILES string of the molecule is CCOCOc1c(OC)ccnc1C(=O)N[C@H]1CCC[C@H](OC2CCCC2)C[C@H](C)OC1=O. The summed E-state index contributed by atoms with van der Waals surface area (Å²) in [5.74, 6) is -0.460. The van der Waals surface area contributed by atoms with E-state index in [0.29, 0.717) is 31.3 Å². The van der Waals surface area contributed by atoms with Crippen molar-refractivity contribution in [1.29, 1.82) is 0 Å². The molecule has 9 nitrogen and oxygen atoms in total. The Balaban J connectivity index is 1.66. The van der Waals surface area contributed by atoms with Crippen molar-refractivity contribution in [3.8, 4) is 11.5 Å². The van der Waals surface area contributed by atoms with Crippen molar-refractivity contribution in [1.82, 2.24) is 10.3 Å². The molecular weight excluding hydrogens is 428 g/mol. The third-order valence-electron chi connectivity index (χ3n) is 6.00. The van der Waals surface area contributed by atoms with Crippen LogP contribution in [-0.4, -0.2) is 61.7 Å². The maximum atomic E-state index is 13.1. The van der Waals surface area contributed by atoms with Gasteiger partial charge in [-0.2, -0.15) is 0 Å². The number of hydrogen-bond acceptors (Lipinski definition) is 8. The molecule has 0 bridgehead atoms. The number of pyridine rings is 1. The summed E-state index contributed by atoms with van der Waals surface area (Å²) >= 11 is 0. The highest BCUT2D eigenvalue weighted by molar-refractivity contribution is 5.98. The Morgan fingerprint density at radius 1 is 1.18 bits per heavy atom. The second kappa shape index (κ2) is 12.7. The van der Waals surface area contributed by atoms with Gasteiger partial charge in [0.1, 0.15) is 12.1 Å². The van der Waals surface area contributed by atoms with Crippen LogP contribution in [0.3, 0.4) is 0 Å². The fraction of sp³-hybridized carbons (Fsp3) is 0.708. The summed E-state index contributed by atoms with van der Waals surface area (Å²) in [4.78, 5) is 30.0. The maximum absolute atomic E-state index is 13.1. The molecule has 0 unspecified atom stereocenters. The Labute approximate surface area is 195 Å². The van der Waals surface area contributed by atoms with Crippen molar-refractivity contribution < 1.29 is 33.3 Å². The zero-order valence-electron chi connectivity index (χ0n) is 19.8. The van der Waals surface area contributed by atoms with Gasteiger partial charge in [0.15, 0.2) is 24.0 Å². The third kappa shape index (κ3) is 7.30. The molecule has 2 heterocycles. The number of ether oxygens (including phenoxy) is 5. The topological polar surface area (TPSA) is 105 Å². The molecule has 0 aromatic carbocycles. The van der Waals surface area contributed by atoms with E-state index >= 15 is 0 Å². The standard InChI is InChI=1S/C24H36N2O7/c1-4-30-15-31-22-20(29-3)12-13-25-21(22)23(27)26-19-11-7-10-18(14-16(2)32-24(19)28)33-17-8-5-6-9-17/h12-13,16-19H,4-11,14-15H2,1-3H3,(H,26,27)/t16-,18-,19-/m0/s1. The molecule has 9 heteroatoms. The van der Waals surface area contributed by atoms with E-state index in [2.05, 4.69) is 10.3 Å². The lowest BCUT2D eigenvalue weighted by atomic mass is 10.0. The predicted octanol–water partition coefficient (Wildman–Crippen LogP) is 3.39. The number of nitrogens with one attached hydrogen (secondary N) is 1. The lowest BCUT2D eigenvalue weighted by Crippen LogP contribution is -2.43. The van der Waals surface area contributed by atoms with Crippen molar-refractivity contribution in [3.63, 3.8) is 0 Å². The number of rotatable bonds is 9. The van der Waals surface area contributed by atoms with Crippen LogP contribution in [0, 0.1) is 0 Å². The molecule has 2 fully saturated rings. The normalized spacial score (nSPS) is 24.3. The Morgan fingerprint density at radius 3 is 2.67 bits per heavy atom. The third-order valence-corrected chi connectivity index (χ3v) is 6.00.